The van der Waals surface area contributed by atoms with Crippen LogP contribution in [0, 0.1) is 5.41 Å². The van der Waals surface area contributed by atoms with Gasteiger partial charge in [0.25, 0.3) is 0 Å². The number of carbonyl (C=O) groups is 3. The van der Waals surface area contributed by atoms with E-state index in [-0.39, 0.29) is 0 Å². The van der Waals surface area contributed by atoms with Crippen LogP contribution in [0.2, 0.25) is 0 Å². The highest BCUT2D eigenvalue weighted by atomic mass is 16.2. The molecule has 0 spiro atoms. The molecule has 1 aliphatic rings. The summed E-state index contributed by atoms with van der Waals surface area (Å²) in [6, 6.07) is 3.01. The van der Waals surface area contributed by atoms with Gasteiger partial charge >= 0.3 is 6.03 Å². The van der Waals surface area contributed by atoms with Crippen molar-refractivity contribution in [1.82, 2.24) is 15.6 Å². The van der Waals surface area contributed by atoms with Crippen molar-refractivity contribution in [3.63, 3.8) is 0 Å². The van der Waals surface area contributed by atoms with Crippen LogP contribution in [0.25, 0.3) is 0 Å². The summed E-state index contributed by atoms with van der Waals surface area (Å²) >= 11 is 0. The fourth-order valence-corrected chi connectivity index (χ4v) is 2.92. The Morgan fingerprint density at radius 1 is 0.957 bits per heavy atom. The minimum atomic E-state index is -1.16. The van der Waals surface area contributed by atoms with Crippen LogP contribution >= 0.6 is 0 Å². The average Bonchev–Trinajstić information content (AvgIpc) is 2.54. The van der Waals surface area contributed by atoms with Gasteiger partial charge in [0.2, 0.25) is 11.8 Å². The number of aryl methyl sites for hydroxylation is 1. The second-order valence-corrected chi connectivity index (χ2v) is 5.99. The molecule has 1 aliphatic heterocycles. The molecule has 1 saturated heterocycles. The Hall–Kier alpha value is -2.24. The minimum Gasteiger partial charge on any atom is -0.277 e. The summed E-state index contributed by atoms with van der Waals surface area (Å²) in [6.07, 6.45) is 8.73. The highest BCUT2D eigenvalue weighted by Crippen LogP contribution is 2.33. The molecule has 6 heteroatoms. The number of carbonyl (C=O) groups excluding carboxylic acids is 3. The zero-order chi connectivity index (χ0) is 16.7. The Labute approximate surface area is 136 Å². The maximum atomic E-state index is 12.4. The number of barbiturate groups is 1. The Morgan fingerprint density at radius 3 is 2.22 bits per heavy atom. The van der Waals surface area contributed by atoms with Gasteiger partial charge in [-0.3, -0.25) is 25.2 Å². The van der Waals surface area contributed by atoms with Crippen molar-refractivity contribution in [3.05, 3.63) is 30.1 Å². The molecule has 2 N–H and O–H groups in total. The molecule has 0 aliphatic carbocycles. The lowest BCUT2D eigenvalue weighted by atomic mass is 9.75. The summed E-state index contributed by atoms with van der Waals surface area (Å²) in [6.45, 7) is 2.11. The van der Waals surface area contributed by atoms with E-state index in [0.29, 0.717) is 19.3 Å². The van der Waals surface area contributed by atoms with E-state index in [1.54, 1.807) is 12.4 Å². The van der Waals surface area contributed by atoms with Gasteiger partial charge < -0.3 is 0 Å². The van der Waals surface area contributed by atoms with Gasteiger partial charge in [0.05, 0.1) is 0 Å². The molecule has 1 aromatic heterocycles. The van der Waals surface area contributed by atoms with Gasteiger partial charge in [0, 0.05) is 12.4 Å². The number of aromatic nitrogens is 1. The molecular weight excluding hydrogens is 294 g/mol. The lowest BCUT2D eigenvalue weighted by molar-refractivity contribution is -0.145. The number of hydrogen-bond acceptors (Lipinski definition) is 4. The van der Waals surface area contributed by atoms with Crippen molar-refractivity contribution < 1.29 is 14.4 Å². The van der Waals surface area contributed by atoms with Crippen molar-refractivity contribution >= 4 is 17.8 Å². The van der Waals surface area contributed by atoms with Gasteiger partial charge in [-0.2, -0.15) is 0 Å². The smallest absolute Gasteiger partial charge is 0.277 e. The third-order valence-corrected chi connectivity index (χ3v) is 4.37. The Kier molecular flexibility index (Phi) is 5.84. The number of amides is 4. The SMILES string of the molecule is CCCCCCC1(CCc2ccncc2)C(=O)NC(=O)NC1=O. The van der Waals surface area contributed by atoms with Crippen molar-refractivity contribution in [2.75, 3.05) is 0 Å². The number of pyridine rings is 1. The number of rotatable bonds is 8. The van der Waals surface area contributed by atoms with Crippen molar-refractivity contribution in [2.24, 2.45) is 5.41 Å². The number of urea groups is 1. The molecule has 2 rings (SSSR count). The van der Waals surface area contributed by atoms with Crippen LogP contribution in [0.4, 0.5) is 4.79 Å². The first-order valence-corrected chi connectivity index (χ1v) is 8.14. The first-order chi connectivity index (χ1) is 11.1. The molecule has 0 unspecified atom stereocenters. The highest BCUT2D eigenvalue weighted by molar-refractivity contribution is 6.19. The lowest BCUT2D eigenvalue weighted by Crippen LogP contribution is -2.62. The molecule has 23 heavy (non-hydrogen) atoms. The third-order valence-electron chi connectivity index (χ3n) is 4.37. The normalized spacial score (nSPS) is 16.8. The Morgan fingerprint density at radius 2 is 1.61 bits per heavy atom. The van der Waals surface area contributed by atoms with E-state index in [1.165, 1.54) is 0 Å². The van der Waals surface area contributed by atoms with E-state index >= 15 is 0 Å². The lowest BCUT2D eigenvalue weighted by Gasteiger charge is -2.34. The second-order valence-electron chi connectivity index (χ2n) is 5.99. The molecular formula is C17H23N3O3. The molecule has 0 bridgehead atoms. The fraction of sp³-hybridized carbons (Fsp3) is 0.529. The Bertz CT molecular complexity index is 552. The molecule has 0 saturated carbocycles. The molecule has 2 heterocycles. The molecule has 124 valence electrons. The van der Waals surface area contributed by atoms with Gasteiger partial charge in [0.1, 0.15) is 5.41 Å². The number of nitrogens with one attached hydrogen (secondary N) is 2. The quantitative estimate of drug-likeness (QED) is 0.569. The summed E-state index contributed by atoms with van der Waals surface area (Å²) < 4.78 is 0. The van der Waals surface area contributed by atoms with Crippen LogP contribution in [0.3, 0.4) is 0 Å². The molecule has 0 radical (unpaired) electrons. The van der Waals surface area contributed by atoms with E-state index in [9.17, 15) is 14.4 Å². The highest BCUT2D eigenvalue weighted by Gasteiger charge is 2.49. The van der Waals surface area contributed by atoms with Crippen LogP contribution in [0.5, 0.6) is 0 Å². The average molecular weight is 317 g/mol. The zero-order valence-electron chi connectivity index (χ0n) is 13.4. The van der Waals surface area contributed by atoms with Gasteiger partial charge in [-0.25, -0.2) is 4.79 Å². The summed E-state index contributed by atoms with van der Waals surface area (Å²) in [5, 5.41) is 4.51. The van der Waals surface area contributed by atoms with E-state index < -0.39 is 23.3 Å². The van der Waals surface area contributed by atoms with Gasteiger partial charge in [-0.15, -0.1) is 0 Å². The standard InChI is InChI=1S/C17H23N3O3/c1-2-3-4-5-9-17(10-6-13-7-11-18-12-8-13)14(21)19-16(23)20-15(17)22/h7-8,11-12H,2-6,9-10H2,1H3,(H2,19,20,21,22,23). The first-order valence-electron chi connectivity index (χ1n) is 8.14. The van der Waals surface area contributed by atoms with Gasteiger partial charge in [-0.1, -0.05) is 32.6 Å². The van der Waals surface area contributed by atoms with E-state index in [4.69, 9.17) is 0 Å². The van der Waals surface area contributed by atoms with Crippen LogP contribution < -0.4 is 10.6 Å². The maximum Gasteiger partial charge on any atom is 0.328 e. The molecule has 0 aromatic carbocycles. The summed E-state index contributed by atoms with van der Waals surface area (Å²) in [4.78, 5) is 40.1. The maximum absolute atomic E-state index is 12.4. The van der Waals surface area contributed by atoms with Crippen molar-refractivity contribution in [3.8, 4) is 0 Å². The minimum absolute atomic E-state index is 0.383. The van der Waals surface area contributed by atoms with Crippen LogP contribution in [0.15, 0.2) is 24.5 Å². The van der Waals surface area contributed by atoms with E-state index in [0.717, 1.165) is 31.2 Å². The number of unbranched alkanes of at least 4 members (excludes halogenated alkanes) is 3. The molecule has 0 atom stereocenters. The fourth-order valence-electron chi connectivity index (χ4n) is 2.92. The topological polar surface area (TPSA) is 88.2 Å². The first kappa shape index (κ1) is 17.1. The largest absolute Gasteiger partial charge is 0.328 e. The van der Waals surface area contributed by atoms with Crippen LogP contribution in [0.1, 0.15) is 51.0 Å². The predicted molar refractivity (Wildman–Crippen MR) is 85.4 cm³/mol. The van der Waals surface area contributed by atoms with E-state index in [2.05, 4.69) is 22.5 Å². The number of imide groups is 2. The molecule has 1 aromatic rings. The van der Waals surface area contributed by atoms with Crippen molar-refractivity contribution in [2.45, 2.75) is 51.9 Å². The predicted octanol–water partition coefficient (Wildman–Crippen LogP) is 2.34. The molecule has 6 nitrogen and oxygen atoms in total. The second kappa shape index (κ2) is 7.85. The summed E-state index contributed by atoms with van der Waals surface area (Å²) in [5.41, 5.74) is -0.143. The van der Waals surface area contributed by atoms with Gasteiger partial charge in [-0.05, 0) is 37.0 Å². The van der Waals surface area contributed by atoms with Crippen molar-refractivity contribution in [1.29, 1.82) is 0 Å². The number of hydrogen-bond donors (Lipinski definition) is 2. The monoisotopic (exact) mass is 317 g/mol. The number of nitrogens with zero attached hydrogens (tertiary/aromatic N) is 1. The summed E-state index contributed by atoms with van der Waals surface area (Å²) in [5.74, 6) is -0.950. The van der Waals surface area contributed by atoms with Crippen LogP contribution in [-0.4, -0.2) is 22.8 Å². The van der Waals surface area contributed by atoms with E-state index in [1.807, 2.05) is 12.1 Å². The zero-order valence-corrected chi connectivity index (χ0v) is 13.4. The molecule has 1 fully saturated rings. The Balaban J connectivity index is 2.11. The molecule has 4 amide bonds. The van der Waals surface area contributed by atoms with Crippen LogP contribution in [-0.2, 0) is 16.0 Å². The third kappa shape index (κ3) is 4.15. The van der Waals surface area contributed by atoms with Gasteiger partial charge in [0.15, 0.2) is 0 Å². The summed E-state index contributed by atoms with van der Waals surface area (Å²) in [7, 11) is 0.